The van der Waals surface area contributed by atoms with Gasteiger partial charge in [-0.2, -0.15) is 0 Å². The van der Waals surface area contributed by atoms with Gasteiger partial charge < -0.3 is 20.1 Å². The lowest BCUT2D eigenvalue weighted by molar-refractivity contribution is 0.174. The lowest BCUT2D eigenvalue weighted by atomic mass is 10.2. The third-order valence-electron chi connectivity index (χ3n) is 3.10. The molecule has 0 amide bonds. The van der Waals surface area contributed by atoms with Crippen LogP contribution in [0.15, 0.2) is 36.4 Å². The van der Waals surface area contributed by atoms with Crippen LogP contribution in [0.2, 0.25) is 0 Å². The molecule has 0 unspecified atom stereocenters. The molecule has 0 spiro atoms. The van der Waals surface area contributed by atoms with Crippen LogP contribution in [-0.4, -0.2) is 13.8 Å². The summed E-state index contributed by atoms with van der Waals surface area (Å²) in [7, 11) is 1.76. The van der Waals surface area contributed by atoms with Gasteiger partial charge in [0, 0.05) is 18.8 Å². The van der Waals surface area contributed by atoms with Gasteiger partial charge in [-0.05, 0) is 24.3 Å². The number of rotatable bonds is 2. The standard InChI is InChI=1S/C14H13FN2O2/c1-17(14-10(15)3-2-4-11(14)16)9-5-6-12-13(7-9)19-8-18-12/h2-7H,8,16H2,1H3. The van der Waals surface area contributed by atoms with Gasteiger partial charge in [0.25, 0.3) is 0 Å². The first-order chi connectivity index (χ1) is 9.16. The number of halogens is 1. The highest BCUT2D eigenvalue weighted by atomic mass is 19.1. The van der Waals surface area contributed by atoms with Crippen molar-refractivity contribution in [2.75, 3.05) is 24.5 Å². The van der Waals surface area contributed by atoms with E-state index in [1.54, 1.807) is 36.2 Å². The summed E-state index contributed by atoms with van der Waals surface area (Å²) in [6.45, 7) is 0.213. The van der Waals surface area contributed by atoms with Crippen LogP contribution in [0.3, 0.4) is 0 Å². The van der Waals surface area contributed by atoms with Gasteiger partial charge >= 0.3 is 0 Å². The molecule has 0 aliphatic carbocycles. The fourth-order valence-corrected chi connectivity index (χ4v) is 2.11. The Balaban J connectivity index is 2.02. The number of benzene rings is 2. The molecule has 0 atom stereocenters. The Morgan fingerprint density at radius 2 is 1.95 bits per heavy atom. The van der Waals surface area contributed by atoms with Crippen LogP contribution in [0.4, 0.5) is 21.5 Å². The second kappa shape index (κ2) is 4.35. The van der Waals surface area contributed by atoms with Crippen molar-refractivity contribution in [2.24, 2.45) is 0 Å². The Hall–Kier alpha value is -2.43. The molecule has 0 bridgehead atoms. The van der Waals surface area contributed by atoms with E-state index >= 15 is 0 Å². The van der Waals surface area contributed by atoms with E-state index in [2.05, 4.69) is 0 Å². The first-order valence-corrected chi connectivity index (χ1v) is 5.84. The minimum atomic E-state index is -0.361. The summed E-state index contributed by atoms with van der Waals surface area (Å²) in [6.07, 6.45) is 0. The predicted octanol–water partition coefficient (Wildman–Crippen LogP) is 2.90. The van der Waals surface area contributed by atoms with Crippen molar-refractivity contribution < 1.29 is 13.9 Å². The molecule has 1 aliphatic rings. The summed E-state index contributed by atoms with van der Waals surface area (Å²) in [5.41, 5.74) is 7.35. The van der Waals surface area contributed by atoms with E-state index in [4.69, 9.17) is 15.2 Å². The van der Waals surface area contributed by atoms with E-state index in [9.17, 15) is 4.39 Å². The molecule has 0 aromatic heterocycles. The van der Waals surface area contributed by atoms with Crippen LogP contribution in [-0.2, 0) is 0 Å². The highest BCUT2D eigenvalue weighted by Gasteiger charge is 2.17. The van der Waals surface area contributed by atoms with Crippen molar-refractivity contribution >= 4 is 17.1 Å². The topological polar surface area (TPSA) is 47.7 Å². The van der Waals surface area contributed by atoms with Gasteiger partial charge in [-0.3, -0.25) is 0 Å². The summed E-state index contributed by atoms with van der Waals surface area (Å²) in [4.78, 5) is 1.69. The Labute approximate surface area is 110 Å². The Bertz CT molecular complexity index is 611. The van der Waals surface area contributed by atoms with Gasteiger partial charge in [0.15, 0.2) is 11.5 Å². The largest absolute Gasteiger partial charge is 0.454 e. The number of ether oxygens (including phenoxy) is 2. The molecule has 2 N–H and O–H groups in total. The van der Waals surface area contributed by atoms with Gasteiger partial charge in [-0.15, -0.1) is 0 Å². The van der Waals surface area contributed by atoms with Gasteiger partial charge in [0.1, 0.15) is 11.5 Å². The molecule has 3 rings (SSSR count). The number of hydrogen-bond donors (Lipinski definition) is 1. The van der Waals surface area contributed by atoms with Crippen LogP contribution in [0.25, 0.3) is 0 Å². The average Bonchev–Trinajstić information content (AvgIpc) is 2.85. The molecule has 19 heavy (non-hydrogen) atoms. The molecule has 0 saturated carbocycles. The van der Waals surface area contributed by atoms with E-state index in [1.807, 2.05) is 6.07 Å². The van der Waals surface area contributed by atoms with Crippen molar-refractivity contribution in [3.05, 3.63) is 42.2 Å². The van der Waals surface area contributed by atoms with E-state index in [-0.39, 0.29) is 12.6 Å². The Morgan fingerprint density at radius 3 is 2.74 bits per heavy atom. The Kier molecular flexibility index (Phi) is 2.67. The molecular formula is C14H13FN2O2. The monoisotopic (exact) mass is 260 g/mol. The molecule has 5 heteroatoms. The SMILES string of the molecule is CN(c1ccc2c(c1)OCO2)c1c(N)cccc1F. The lowest BCUT2D eigenvalue weighted by Gasteiger charge is -2.22. The quantitative estimate of drug-likeness (QED) is 0.843. The number of fused-ring (bicyclic) bond motifs is 1. The normalized spacial score (nSPS) is 12.5. The van der Waals surface area contributed by atoms with Crippen LogP contribution in [0, 0.1) is 5.82 Å². The van der Waals surface area contributed by atoms with Crippen molar-refractivity contribution in [3.8, 4) is 11.5 Å². The summed E-state index contributed by atoms with van der Waals surface area (Å²) < 4.78 is 24.4. The molecule has 98 valence electrons. The number of nitrogens with two attached hydrogens (primary N) is 1. The predicted molar refractivity (Wildman–Crippen MR) is 71.4 cm³/mol. The molecule has 1 heterocycles. The number of anilines is 3. The van der Waals surface area contributed by atoms with Gasteiger partial charge in [-0.1, -0.05) is 6.07 Å². The zero-order chi connectivity index (χ0) is 13.4. The molecule has 0 saturated heterocycles. The smallest absolute Gasteiger partial charge is 0.231 e. The van der Waals surface area contributed by atoms with Gasteiger partial charge in [0.05, 0.1) is 5.69 Å². The first-order valence-electron chi connectivity index (χ1n) is 5.84. The Morgan fingerprint density at radius 1 is 1.16 bits per heavy atom. The maximum atomic E-state index is 13.9. The molecule has 1 aliphatic heterocycles. The average molecular weight is 260 g/mol. The maximum absolute atomic E-state index is 13.9. The number of nitrogens with zero attached hydrogens (tertiary/aromatic N) is 1. The van der Waals surface area contributed by atoms with E-state index in [1.165, 1.54) is 6.07 Å². The van der Waals surface area contributed by atoms with Crippen molar-refractivity contribution in [3.63, 3.8) is 0 Å². The summed E-state index contributed by atoms with van der Waals surface area (Å²) in [5, 5.41) is 0. The zero-order valence-electron chi connectivity index (χ0n) is 10.4. The van der Waals surface area contributed by atoms with Crippen molar-refractivity contribution in [2.45, 2.75) is 0 Å². The van der Waals surface area contributed by atoms with E-state index < -0.39 is 0 Å². The highest BCUT2D eigenvalue weighted by molar-refractivity contribution is 5.76. The zero-order valence-corrected chi connectivity index (χ0v) is 10.4. The molecular weight excluding hydrogens is 247 g/mol. The lowest BCUT2D eigenvalue weighted by Crippen LogP contribution is -2.13. The maximum Gasteiger partial charge on any atom is 0.231 e. The van der Waals surface area contributed by atoms with Crippen LogP contribution in [0.1, 0.15) is 0 Å². The van der Waals surface area contributed by atoms with Crippen LogP contribution >= 0.6 is 0 Å². The van der Waals surface area contributed by atoms with E-state index in [0.717, 1.165) is 5.69 Å². The molecule has 2 aromatic carbocycles. The van der Waals surface area contributed by atoms with Gasteiger partial charge in [0.2, 0.25) is 6.79 Å². The third kappa shape index (κ3) is 1.93. The van der Waals surface area contributed by atoms with Gasteiger partial charge in [-0.25, -0.2) is 4.39 Å². The minimum Gasteiger partial charge on any atom is -0.454 e. The fourth-order valence-electron chi connectivity index (χ4n) is 2.11. The second-order valence-corrected chi connectivity index (χ2v) is 4.27. The van der Waals surface area contributed by atoms with Crippen molar-refractivity contribution in [1.82, 2.24) is 0 Å². The molecule has 0 fully saturated rings. The molecule has 2 aromatic rings. The fraction of sp³-hybridized carbons (Fsp3) is 0.143. The van der Waals surface area contributed by atoms with Crippen molar-refractivity contribution in [1.29, 1.82) is 0 Å². The highest BCUT2D eigenvalue weighted by Crippen LogP contribution is 2.38. The number of nitrogen functional groups attached to an aromatic ring is 1. The molecule has 4 nitrogen and oxygen atoms in total. The minimum absolute atomic E-state index is 0.213. The first kappa shape index (κ1) is 11.6. The van der Waals surface area contributed by atoms with E-state index in [0.29, 0.717) is 22.9 Å². The number of hydrogen-bond acceptors (Lipinski definition) is 4. The summed E-state index contributed by atoms with van der Waals surface area (Å²) in [5.74, 6) is 0.984. The molecule has 0 radical (unpaired) electrons. The summed E-state index contributed by atoms with van der Waals surface area (Å²) >= 11 is 0. The third-order valence-corrected chi connectivity index (χ3v) is 3.10. The summed E-state index contributed by atoms with van der Waals surface area (Å²) in [6, 6.07) is 10.1. The van der Waals surface area contributed by atoms with Crippen LogP contribution in [0.5, 0.6) is 11.5 Å². The second-order valence-electron chi connectivity index (χ2n) is 4.27. The van der Waals surface area contributed by atoms with Crippen LogP contribution < -0.4 is 20.1 Å². The number of para-hydroxylation sites is 1.